The maximum atomic E-state index is 10.0. The fourth-order valence-corrected chi connectivity index (χ4v) is 1.51. The van der Waals surface area contributed by atoms with E-state index in [1.807, 2.05) is 30.3 Å². The second-order valence-corrected chi connectivity index (χ2v) is 4.37. The van der Waals surface area contributed by atoms with Crippen LogP contribution in [0.4, 0.5) is 0 Å². The highest BCUT2D eigenvalue weighted by Gasteiger charge is 2.32. The number of carboxylic acid groups (broad SMARTS) is 1. The molecule has 0 radical (unpaired) electrons. The van der Waals surface area contributed by atoms with Gasteiger partial charge in [0.2, 0.25) is 0 Å². The first-order chi connectivity index (χ1) is 7.09. The molecule has 0 spiro atoms. The quantitative estimate of drug-likeness (QED) is 0.825. The SMILES string of the molecule is Brc1ccccc1.O=C(O)C1CC(O)C1. The van der Waals surface area contributed by atoms with Crippen LogP contribution >= 0.6 is 15.9 Å². The molecule has 0 bridgehead atoms. The largest absolute Gasteiger partial charge is 0.481 e. The van der Waals surface area contributed by atoms with Gasteiger partial charge in [-0.15, -0.1) is 0 Å². The Labute approximate surface area is 96.9 Å². The van der Waals surface area contributed by atoms with Crippen LogP contribution in [-0.4, -0.2) is 22.3 Å². The molecule has 0 aliphatic heterocycles. The van der Waals surface area contributed by atoms with Gasteiger partial charge in [0.15, 0.2) is 0 Å². The fraction of sp³-hybridized carbons (Fsp3) is 0.364. The van der Waals surface area contributed by atoms with E-state index >= 15 is 0 Å². The standard InChI is InChI=1S/C6H5Br.C5H8O3/c7-6-4-2-1-3-5-6;6-4-1-3(2-4)5(7)8/h1-5H;3-4,6H,1-2H2,(H,7,8). The molecule has 1 fully saturated rings. The summed E-state index contributed by atoms with van der Waals surface area (Å²) in [6.07, 6.45) is 0.529. The Hall–Kier alpha value is -0.870. The molecule has 1 aliphatic carbocycles. The van der Waals surface area contributed by atoms with Gasteiger partial charge >= 0.3 is 5.97 Å². The Bertz CT molecular complexity index is 307. The summed E-state index contributed by atoms with van der Waals surface area (Å²) in [4.78, 5) is 10.0. The number of aliphatic hydroxyl groups excluding tert-OH is 1. The van der Waals surface area contributed by atoms with Crippen LogP contribution in [0, 0.1) is 5.92 Å². The van der Waals surface area contributed by atoms with Crippen LogP contribution in [0.25, 0.3) is 0 Å². The van der Waals surface area contributed by atoms with Gasteiger partial charge in [-0.25, -0.2) is 0 Å². The molecule has 0 aromatic heterocycles. The Morgan fingerprint density at radius 1 is 1.27 bits per heavy atom. The van der Waals surface area contributed by atoms with Crippen LogP contribution in [0.5, 0.6) is 0 Å². The van der Waals surface area contributed by atoms with E-state index < -0.39 is 5.97 Å². The molecular weight excluding hydrogens is 260 g/mol. The monoisotopic (exact) mass is 272 g/mol. The number of rotatable bonds is 1. The lowest BCUT2D eigenvalue weighted by Gasteiger charge is -2.27. The minimum absolute atomic E-state index is 0.273. The molecule has 2 rings (SSSR count). The van der Waals surface area contributed by atoms with Crippen molar-refractivity contribution in [1.29, 1.82) is 0 Å². The highest BCUT2D eigenvalue weighted by molar-refractivity contribution is 9.10. The van der Waals surface area contributed by atoms with Gasteiger partial charge in [-0.3, -0.25) is 4.79 Å². The van der Waals surface area contributed by atoms with Gasteiger partial charge in [0, 0.05) is 4.47 Å². The van der Waals surface area contributed by atoms with E-state index in [1.165, 1.54) is 0 Å². The zero-order valence-electron chi connectivity index (χ0n) is 8.14. The third-order valence-electron chi connectivity index (χ3n) is 2.20. The highest BCUT2D eigenvalue weighted by atomic mass is 79.9. The molecule has 1 aromatic carbocycles. The predicted molar refractivity (Wildman–Crippen MR) is 60.5 cm³/mol. The average molecular weight is 273 g/mol. The molecule has 1 aromatic rings. The van der Waals surface area contributed by atoms with Gasteiger partial charge in [-0.05, 0) is 25.0 Å². The van der Waals surface area contributed by atoms with Crippen molar-refractivity contribution < 1.29 is 15.0 Å². The molecule has 4 heteroatoms. The van der Waals surface area contributed by atoms with Crippen molar-refractivity contribution in [3.63, 3.8) is 0 Å². The van der Waals surface area contributed by atoms with Gasteiger partial charge in [0.25, 0.3) is 0 Å². The second-order valence-electron chi connectivity index (χ2n) is 3.46. The summed E-state index contributed by atoms with van der Waals surface area (Å²) < 4.78 is 1.13. The van der Waals surface area contributed by atoms with E-state index in [9.17, 15) is 4.79 Å². The van der Waals surface area contributed by atoms with Gasteiger partial charge in [-0.2, -0.15) is 0 Å². The minimum atomic E-state index is -0.782. The lowest BCUT2D eigenvalue weighted by atomic mass is 9.83. The molecule has 0 unspecified atom stereocenters. The lowest BCUT2D eigenvalue weighted by molar-refractivity contribution is -0.148. The number of halogens is 1. The van der Waals surface area contributed by atoms with E-state index in [-0.39, 0.29) is 12.0 Å². The summed E-state index contributed by atoms with van der Waals surface area (Å²) in [5.41, 5.74) is 0. The van der Waals surface area contributed by atoms with E-state index in [0.717, 1.165) is 4.47 Å². The molecule has 15 heavy (non-hydrogen) atoms. The van der Waals surface area contributed by atoms with Crippen molar-refractivity contribution in [1.82, 2.24) is 0 Å². The molecule has 3 nitrogen and oxygen atoms in total. The molecule has 0 saturated heterocycles. The second kappa shape index (κ2) is 5.88. The Morgan fingerprint density at radius 2 is 1.80 bits per heavy atom. The van der Waals surface area contributed by atoms with E-state index in [2.05, 4.69) is 15.9 Å². The molecule has 2 N–H and O–H groups in total. The highest BCUT2D eigenvalue weighted by Crippen LogP contribution is 2.26. The minimum Gasteiger partial charge on any atom is -0.481 e. The zero-order valence-corrected chi connectivity index (χ0v) is 9.72. The molecule has 82 valence electrons. The van der Waals surface area contributed by atoms with Crippen molar-refractivity contribution in [2.75, 3.05) is 0 Å². The number of hydrogen-bond acceptors (Lipinski definition) is 2. The van der Waals surface area contributed by atoms with Gasteiger partial charge in [0.05, 0.1) is 12.0 Å². The summed E-state index contributed by atoms with van der Waals surface area (Å²) in [7, 11) is 0. The van der Waals surface area contributed by atoms with E-state index in [4.69, 9.17) is 10.2 Å². The predicted octanol–water partition coefficient (Wildman–Crippen LogP) is 2.29. The van der Waals surface area contributed by atoms with Gasteiger partial charge in [-0.1, -0.05) is 34.1 Å². The van der Waals surface area contributed by atoms with Crippen molar-refractivity contribution in [3.8, 4) is 0 Å². The number of carboxylic acids is 1. The molecule has 0 amide bonds. The van der Waals surface area contributed by atoms with Crippen LogP contribution in [-0.2, 0) is 4.79 Å². The summed E-state index contributed by atoms with van der Waals surface area (Å²) >= 11 is 3.31. The van der Waals surface area contributed by atoms with Crippen molar-refractivity contribution in [3.05, 3.63) is 34.8 Å². The van der Waals surface area contributed by atoms with Crippen molar-refractivity contribution in [2.45, 2.75) is 18.9 Å². The van der Waals surface area contributed by atoms with Crippen molar-refractivity contribution >= 4 is 21.9 Å². The topological polar surface area (TPSA) is 57.5 Å². The van der Waals surface area contributed by atoms with E-state index in [0.29, 0.717) is 12.8 Å². The third-order valence-corrected chi connectivity index (χ3v) is 2.72. The number of benzene rings is 1. The first kappa shape index (κ1) is 12.2. The Balaban J connectivity index is 0.000000151. The van der Waals surface area contributed by atoms with Gasteiger partial charge < -0.3 is 10.2 Å². The summed E-state index contributed by atoms with van der Waals surface area (Å²) in [5, 5.41) is 16.8. The Morgan fingerprint density at radius 3 is 2.00 bits per heavy atom. The maximum Gasteiger partial charge on any atom is 0.306 e. The first-order valence-corrected chi connectivity index (χ1v) is 5.50. The molecular formula is C11H13BrO3. The maximum absolute atomic E-state index is 10.0. The molecule has 0 heterocycles. The fourth-order valence-electron chi connectivity index (χ4n) is 1.20. The molecule has 1 saturated carbocycles. The van der Waals surface area contributed by atoms with Gasteiger partial charge in [0.1, 0.15) is 0 Å². The van der Waals surface area contributed by atoms with Crippen LogP contribution in [0.15, 0.2) is 34.8 Å². The number of carbonyl (C=O) groups is 1. The summed E-state index contributed by atoms with van der Waals surface area (Å²) in [5.74, 6) is -1.06. The van der Waals surface area contributed by atoms with Crippen LogP contribution in [0.3, 0.4) is 0 Å². The normalized spacial score (nSPS) is 23.3. The van der Waals surface area contributed by atoms with E-state index in [1.54, 1.807) is 0 Å². The van der Waals surface area contributed by atoms with Crippen LogP contribution in [0.1, 0.15) is 12.8 Å². The van der Waals surface area contributed by atoms with Crippen LogP contribution < -0.4 is 0 Å². The summed E-state index contributed by atoms with van der Waals surface area (Å²) in [6.45, 7) is 0. The molecule has 0 atom stereocenters. The first-order valence-electron chi connectivity index (χ1n) is 4.71. The van der Waals surface area contributed by atoms with Crippen molar-refractivity contribution in [2.24, 2.45) is 5.92 Å². The van der Waals surface area contributed by atoms with Crippen LogP contribution in [0.2, 0.25) is 0 Å². The smallest absolute Gasteiger partial charge is 0.306 e. The number of hydrogen-bond donors (Lipinski definition) is 2. The zero-order chi connectivity index (χ0) is 11.3. The number of aliphatic carboxylic acids is 1. The Kier molecular flexibility index (Phi) is 4.78. The average Bonchev–Trinajstić information content (AvgIpc) is 2.15. The lowest BCUT2D eigenvalue weighted by Crippen LogP contribution is -2.33. The summed E-state index contributed by atoms with van der Waals surface area (Å²) in [6, 6.07) is 9.97. The third kappa shape index (κ3) is 4.44. The molecule has 1 aliphatic rings. The number of aliphatic hydroxyl groups is 1.